The van der Waals surface area contributed by atoms with Crippen LogP contribution in [0.25, 0.3) is 16.9 Å². The van der Waals surface area contributed by atoms with Gasteiger partial charge >= 0.3 is 0 Å². The summed E-state index contributed by atoms with van der Waals surface area (Å²) in [4.78, 5) is 25.4. The molecule has 1 heterocycles. The van der Waals surface area contributed by atoms with Crippen LogP contribution in [-0.4, -0.2) is 21.6 Å². The van der Waals surface area contributed by atoms with Crippen LogP contribution in [0.1, 0.15) is 29.8 Å². The minimum atomic E-state index is -0.275. The highest BCUT2D eigenvalue weighted by Crippen LogP contribution is 2.27. The van der Waals surface area contributed by atoms with Crippen molar-refractivity contribution in [1.82, 2.24) is 9.78 Å². The van der Waals surface area contributed by atoms with Crippen LogP contribution in [0.15, 0.2) is 85.1 Å². The molecule has 33 heavy (non-hydrogen) atoms. The number of benzene rings is 3. The Morgan fingerprint density at radius 1 is 0.848 bits per heavy atom. The van der Waals surface area contributed by atoms with Gasteiger partial charge in [0.05, 0.1) is 11.3 Å². The maximum Gasteiger partial charge on any atom is 0.259 e. The van der Waals surface area contributed by atoms with E-state index in [9.17, 15) is 9.59 Å². The number of carbonyl (C=O) groups is 2. The molecule has 3 aromatic carbocycles. The summed E-state index contributed by atoms with van der Waals surface area (Å²) >= 11 is 0. The third-order valence-corrected chi connectivity index (χ3v) is 5.29. The third-order valence-electron chi connectivity index (χ3n) is 5.29. The number of hydrogen-bond donors (Lipinski definition) is 2. The minimum absolute atomic E-state index is 0.0792. The van der Waals surface area contributed by atoms with Crippen molar-refractivity contribution in [3.63, 3.8) is 0 Å². The number of aromatic nitrogens is 2. The second-order valence-corrected chi connectivity index (χ2v) is 8.17. The molecular weight excluding hydrogens is 412 g/mol. The van der Waals surface area contributed by atoms with Gasteiger partial charge in [-0.2, -0.15) is 5.10 Å². The zero-order valence-electron chi connectivity index (χ0n) is 18.9. The van der Waals surface area contributed by atoms with Crippen LogP contribution < -0.4 is 10.6 Å². The molecule has 6 heteroatoms. The molecule has 0 atom stereocenters. The summed E-state index contributed by atoms with van der Waals surface area (Å²) in [5.41, 5.74) is 5.09. The normalized spacial score (nSPS) is 10.8. The maximum atomic E-state index is 13.4. The standard InChI is InChI=1S/C27H26N4O2/c1-18(2)26(32)28-20-11-9-12-21(16-20)29-27(33)24-17-31(22-13-5-4-6-14-22)30-25(24)23-15-8-7-10-19(23)3/h4-18H,1-3H3,(H,28,32)(H,29,33). The van der Waals surface area contributed by atoms with E-state index in [4.69, 9.17) is 5.10 Å². The Morgan fingerprint density at radius 2 is 1.52 bits per heavy atom. The first kappa shape index (κ1) is 22.0. The molecule has 0 aliphatic heterocycles. The first-order valence-corrected chi connectivity index (χ1v) is 10.9. The molecule has 0 fully saturated rings. The lowest BCUT2D eigenvalue weighted by Gasteiger charge is -2.10. The molecule has 0 radical (unpaired) electrons. The van der Waals surface area contributed by atoms with E-state index in [0.29, 0.717) is 22.6 Å². The van der Waals surface area contributed by atoms with Crippen LogP contribution in [-0.2, 0) is 4.79 Å². The predicted molar refractivity (Wildman–Crippen MR) is 132 cm³/mol. The number of anilines is 2. The Bertz CT molecular complexity index is 1290. The number of nitrogens with zero attached hydrogens (tertiary/aromatic N) is 2. The van der Waals surface area contributed by atoms with Gasteiger partial charge in [0.15, 0.2) is 0 Å². The van der Waals surface area contributed by atoms with Gasteiger partial charge in [0.1, 0.15) is 5.69 Å². The molecule has 0 spiro atoms. The van der Waals surface area contributed by atoms with Gasteiger partial charge in [-0.1, -0.05) is 62.4 Å². The first-order valence-electron chi connectivity index (χ1n) is 10.9. The van der Waals surface area contributed by atoms with Crippen molar-refractivity contribution >= 4 is 23.2 Å². The van der Waals surface area contributed by atoms with Crippen molar-refractivity contribution in [3.8, 4) is 16.9 Å². The summed E-state index contributed by atoms with van der Waals surface area (Å²) < 4.78 is 1.72. The average molecular weight is 439 g/mol. The summed E-state index contributed by atoms with van der Waals surface area (Å²) in [6, 6.07) is 24.7. The smallest absolute Gasteiger partial charge is 0.259 e. The fourth-order valence-corrected chi connectivity index (χ4v) is 3.45. The quantitative estimate of drug-likeness (QED) is 0.406. The van der Waals surface area contributed by atoms with Crippen molar-refractivity contribution in [1.29, 1.82) is 0 Å². The molecule has 0 unspecified atom stereocenters. The van der Waals surface area contributed by atoms with E-state index >= 15 is 0 Å². The number of nitrogens with one attached hydrogen (secondary N) is 2. The summed E-state index contributed by atoms with van der Waals surface area (Å²) in [5, 5.41) is 10.6. The second-order valence-electron chi connectivity index (χ2n) is 8.17. The van der Waals surface area contributed by atoms with Crippen LogP contribution in [0.3, 0.4) is 0 Å². The molecule has 2 N–H and O–H groups in total. The van der Waals surface area contributed by atoms with Crippen LogP contribution in [0.2, 0.25) is 0 Å². The average Bonchev–Trinajstić information content (AvgIpc) is 3.25. The second kappa shape index (κ2) is 9.53. The molecule has 0 bridgehead atoms. The van der Waals surface area contributed by atoms with Crippen molar-refractivity contribution < 1.29 is 9.59 Å². The van der Waals surface area contributed by atoms with Gasteiger partial charge in [0.25, 0.3) is 5.91 Å². The Morgan fingerprint density at radius 3 is 2.21 bits per heavy atom. The van der Waals surface area contributed by atoms with E-state index < -0.39 is 0 Å². The van der Waals surface area contributed by atoms with Crippen LogP contribution in [0.4, 0.5) is 11.4 Å². The van der Waals surface area contributed by atoms with Gasteiger partial charge in [0, 0.05) is 29.1 Å². The number of hydrogen-bond acceptors (Lipinski definition) is 3. The van der Waals surface area contributed by atoms with Gasteiger partial charge in [-0.3, -0.25) is 9.59 Å². The predicted octanol–water partition coefficient (Wildman–Crippen LogP) is 5.69. The molecule has 6 nitrogen and oxygen atoms in total. The summed E-state index contributed by atoms with van der Waals surface area (Å²) in [5.74, 6) is -0.490. The van der Waals surface area contributed by atoms with Crippen LogP contribution in [0.5, 0.6) is 0 Å². The Hall–Kier alpha value is -4.19. The Labute approximate surface area is 193 Å². The number of amides is 2. The summed E-state index contributed by atoms with van der Waals surface area (Å²) in [6.07, 6.45) is 1.75. The molecule has 4 aromatic rings. The van der Waals surface area contributed by atoms with Crippen LogP contribution >= 0.6 is 0 Å². The molecule has 4 rings (SSSR count). The molecular formula is C27H26N4O2. The monoisotopic (exact) mass is 438 g/mol. The zero-order valence-corrected chi connectivity index (χ0v) is 18.9. The van der Waals surface area contributed by atoms with Gasteiger partial charge in [-0.25, -0.2) is 4.68 Å². The topological polar surface area (TPSA) is 76.0 Å². The lowest BCUT2D eigenvalue weighted by Crippen LogP contribution is -2.18. The van der Waals surface area contributed by atoms with E-state index in [0.717, 1.165) is 16.8 Å². The Balaban J connectivity index is 1.68. The Kier molecular flexibility index (Phi) is 6.36. The van der Waals surface area contributed by atoms with Crippen molar-refractivity contribution in [2.75, 3.05) is 10.6 Å². The first-order chi connectivity index (χ1) is 15.9. The van der Waals surface area contributed by atoms with Gasteiger partial charge in [-0.15, -0.1) is 0 Å². The minimum Gasteiger partial charge on any atom is -0.326 e. The largest absolute Gasteiger partial charge is 0.326 e. The highest BCUT2D eigenvalue weighted by Gasteiger charge is 2.20. The third kappa shape index (κ3) is 5.01. The number of aryl methyl sites for hydroxylation is 1. The lowest BCUT2D eigenvalue weighted by atomic mass is 10.0. The lowest BCUT2D eigenvalue weighted by molar-refractivity contribution is -0.118. The summed E-state index contributed by atoms with van der Waals surface area (Å²) in [6.45, 7) is 5.66. The van der Waals surface area contributed by atoms with Crippen molar-refractivity contribution in [3.05, 3.63) is 96.2 Å². The fourth-order valence-electron chi connectivity index (χ4n) is 3.45. The maximum absolute atomic E-state index is 13.4. The van der Waals surface area contributed by atoms with E-state index in [1.807, 2.05) is 75.4 Å². The molecule has 1 aromatic heterocycles. The molecule has 0 aliphatic carbocycles. The van der Waals surface area contributed by atoms with E-state index in [1.54, 1.807) is 35.1 Å². The molecule has 0 aliphatic rings. The highest BCUT2D eigenvalue weighted by molar-refractivity contribution is 6.08. The number of para-hydroxylation sites is 1. The van der Waals surface area contributed by atoms with Gasteiger partial charge < -0.3 is 10.6 Å². The van der Waals surface area contributed by atoms with E-state index in [2.05, 4.69) is 10.6 Å². The van der Waals surface area contributed by atoms with E-state index in [1.165, 1.54) is 0 Å². The van der Waals surface area contributed by atoms with Crippen molar-refractivity contribution in [2.24, 2.45) is 5.92 Å². The molecule has 0 saturated heterocycles. The van der Waals surface area contributed by atoms with Crippen LogP contribution in [0, 0.1) is 12.8 Å². The molecule has 0 saturated carbocycles. The number of rotatable bonds is 6. The highest BCUT2D eigenvalue weighted by atomic mass is 16.2. The van der Waals surface area contributed by atoms with Gasteiger partial charge in [-0.05, 0) is 42.8 Å². The van der Waals surface area contributed by atoms with E-state index in [-0.39, 0.29) is 17.7 Å². The number of carbonyl (C=O) groups excluding carboxylic acids is 2. The summed E-state index contributed by atoms with van der Waals surface area (Å²) in [7, 11) is 0. The zero-order chi connectivity index (χ0) is 23.4. The molecule has 2 amide bonds. The van der Waals surface area contributed by atoms with Crippen molar-refractivity contribution in [2.45, 2.75) is 20.8 Å². The SMILES string of the molecule is Cc1ccccc1-c1nn(-c2ccccc2)cc1C(=O)Nc1cccc(NC(=O)C(C)C)c1. The fraction of sp³-hybridized carbons (Fsp3) is 0.148. The van der Waals surface area contributed by atoms with Gasteiger partial charge in [0.2, 0.25) is 5.91 Å². The molecule has 166 valence electrons.